The molecule has 0 fully saturated rings. The number of nitrogens with one attached hydrogen (secondary N) is 1. The van der Waals surface area contributed by atoms with Gasteiger partial charge >= 0.3 is 0 Å². The first-order valence-electron chi connectivity index (χ1n) is 9.59. The molecule has 0 unspecified atom stereocenters. The van der Waals surface area contributed by atoms with Crippen LogP contribution < -0.4 is 19.7 Å². The van der Waals surface area contributed by atoms with Crippen LogP contribution >= 0.6 is 0 Å². The third kappa shape index (κ3) is 4.08. The molecule has 150 valence electrons. The number of methoxy groups -OCH3 is 2. The molecular formula is C22H25N5O2. The summed E-state index contributed by atoms with van der Waals surface area (Å²) in [6.45, 7) is 5.73. The van der Waals surface area contributed by atoms with E-state index in [0.29, 0.717) is 5.95 Å². The van der Waals surface area contributed by atoms with Crippen LogP contribution in [0.15, 0.2) is 36.5 Å². The van der Waals surface area contributed by atoms with Gasteiger partial charge in [-0.3, -0.25) is 0 Å². The Kier molecular flexibility index (Phi) is 5.20. The summed E-state index contributed by atoms with van der Waals surface area (Å²) in [7, 11) is 3.32. The summed E-state index contributed by atoms with van der Waals surface area (Å²) < 4.78 is 10.9. The van der Waals surface area contributed by atoms with Gasteiger partial charge in [-0.2, -0.15) is 10.1 Å². The topological polar surface area (TPSA) is 72.4 Å². The normalized spacial score (nSPS) is 13.0. The highest BCUT2D eigenvalue weighted by atomic mass is 16.5. The van der Waals surface area contributed by atoms with Crippen LogP contribution in [0.4, 0.5) is 17.5 Å². The third-order valence-corrected chi connectivity index (χ3v) is 5.07. The Hall–Kier alpha value is -3.35. The molecule has 0 aliphatic carbocycles. The van der Waals surface area contributed by atoms with E-state index in [4.69, 9.17) is 9.47 Å². The van der Waals surface area contributed by atoms with Gasteiger partial charge in [-0.15, -0.1) is 5.10 Å². The van der Waals surface area contributed by atoms with Gasteiger partial charge in [0.05, 0.1) is 20.4 Å². The molecule has 0 atom stereocenters. The number of anilines is 3. The molecule has 0 bridgehead atoms. The summed E-state index contributed by atoms with van der Waals surface area (Å²) in [6.07, 6.45) is 2.61. The number of rotatable bonds is 5. The molecule has 0 saturated heterocycles. The Balaban J connectivity index is 1.56. The molecule has 0 amide bonds. The SMILES string of the molecule is COc1cc2c(cc1OC)CN(c1cnnc(Nc3cc(C)cc(C)c3)n1)CC2. The highest BCUT2D eigenvalue weighted by Crippen LogP contribution is 2.34. The van der Waals surface area contributed by atoms with Gasteiger partial charge in [0, 0.05) is 18.8 Å². The van der Waals surface area contributed by atoms with Crippen molar-refractivity contribution in [1.29, 1.82) is 0 Å². The molecule has 0 spiro atoms. The Labute approximate surface area is 170 Å². The number of hydrogen-bond donors (Lipinski definition) is 1. The van der Waals surface area contributed by atoms with Crippen molar-refractivity contribution in [2.24, 2.45) is 0 Å². The van der Waals surface area contributed by atoms with Crippen LogP contribution in [0.25, 0.3) is 0 Å². The molecule has 1 aliphatic heterocycles. The summed E-state index contributed by atoms with van der Waals surface area (Å²) in [5.41, 5.74) is 5.82. The van der Waals surface area contributed by atoms with Crippen molar-refractivity contribution in [3.63, 3.8) is 0 Å². The molecule has 2 heterocycles. The van der Waals surface area contributed by atoms with E-state index in [1.165, 1.54) is 22.3 Å². The quantitative estimate of drug-likeness (QED) is 0.709. The maximum absolute atomic E-state index is 5.46. The van der Waals surface area contributed by atoms with Crippen molar-refractivity contribution in [3.05, 3.63) is 58.8 Å². The highest BCUT2D eigenvalue weighted by Gasteiger charge is 2.21. The minimum Gasteiger partial charge on any atom is -0.493 e. The second kappa shape index (κ2) is 7.95. The number of hydrogen-bond acceptors (Lipinski definition) is 7. The second-order valence-electron chi connectivity index (χ2n) is 7.29. The Morgan fingerprint density at radius 2 is 1.62 bits per heavy atom. The summed E-state index contributed by atoms with van der Waals surface area (Å²) in [5, 5.41) is 11.6. The first-order chi connectivity index (χ1) is 14.1. The predicted octanol–water partition coefficient (Wildman–Crippen LogP) is 3.81. The molecule has 1 aromatic heterocycles. The number of aryl methyl sites for hydroxylation is 2. The van der Waals surface area contributed by atoms with E-state index >= 15 is 0 Å². The van der Waals surface area contributed by atoms with Gasteiger partial charge in [-0.1, -0.05) is 6.07 Å². The molecule has 2 aromatic carbocycles. The lowest BCUT2D eigenvalue weighted by Gasteiger charge is -2.30. The van der Waals surface area contributed by atoms with Gasteiger partial charge in [0.1, 0.15) is 0 Å². The van der Waals surface area contributed by atoms with Crippen molar-refractivity contribution in [3.8, 4) is 11.5 Å². The molecule has 1 aliphatic rings. The fourth-order valence-electron chi connectivity index (χ4n) is 3.75. The van der Waals surface area contributed by atoms with Gasteiger partial charge in [0.25, 0.3) is 0 Å². The molecule has 0 radical (unpaired) electrons. The van der Waals surface area contributed by atoms with Crippen molar-refractivity contribution < 1.29 is 9.47 Å². The molecule has 7 nitrogen and oxygen atoms in total. The number of nitrogens with zero attached hydrogens (tertiary/aromatic N) is 4. The minimum absolute atomic E-state index is 0.491. The van der Waals surface area contributed by atoms with Gasteiger partial charge in [-0.25, -0.2) is 0 Å². The van der Waals surface area contributed by atoms with E-state index in [0.717, 1.165) is 42.5 Å². The lowest BCUT2D eigenvalue weighted by Crippen LogP contribution is -2.31. The minimum atomic E-state index is 0.491. The Bertz CT molecular complexity index is 1020. The van der Waals surface area contributed by atoms with E-state index < -0.39 is 0 Å². The second-order valence-corrected chi connectivity index (χ2v) is 7.29. The Morgan fingerprint density at radius 3 is 2.31 bits per heavy atom. The molecule has 29 heavy (non-hydrogen) atoms. The van der Waals surface area contributed by atoms with Crippen LogP contribution in [0, 0.1) is 13.8 Å². The van der Waals surface area contributed by atoms with E-state index in [2.05, 4.69) is 63.5 Å². The maximum atomic E-state index is 5.46. The van der Waals surface area contributed by atoms with Crippen molar-refractivity contribution >= 4 is 17.5 Å². The van der Waals surface area contributed by atoms with Crippen molar-refractivity contribution in [1.82, 2.24) is 15.2 Å². The summed E-state index contributed by atoms with van der Waals surface area (Å²) in [5.74, 6) is 2.80. The van der Waals surface area contributed by atoms with Gasteiger partial charge < -0.3 is 19.7 Å². The van der Waals surface area contributed by atoms with E-state index in [1.54, 1.807) is 20.4 Å². The number of ether oxygens (including phenoxy) is 2. The van der Waals surface area contributed by atoms with Gasteiger partial charge in [0.2, 0.25) is 5.95 Å². The van der Waals surface area contributed by atoms with E-state index in [9.17, 15) is 0 Å². The van der Waals surface area contributed by atoms with Crippen LogP contribution in [0.1, 0.15) is 22.3 Å². The molecule has 0 saturated carbocycles. The average molecular weight is 391 g/mol. The monoisotopic (exact) mass is 391 g/mol. The van der Waals surface area contributed by atoms with Crippen LogP contribution in [0.3, 0.4) is 0 Å². The molecule has 4 rings (SSSR count). The van der Waals surface area contributed by atoms with Gasteiger partial charge in [-0.05, 0) is 66.8 Å². The molecule has 1 N–H and O–H groups in total. The van der Waals surface area contributed by atoms with Gasteiger partial charge in [0.15, 0.2) is 17.3 Å². The first kappa shape index (κ1) is 19.0. The number of benzene rings is 2. The largest absolute Gasteiger partial charge is 0.493 e. The zero-order valence-electron chi connectivity index (χ0n) is 17.2. The Morgan fingerprint density at radius 1 is 0.931 bits per heavy atom. The maximum Gasteiger partial charge on any atom is 0.249 e. The lowest BCUT2D eigenvalue weighted by atomic mass is 9.99. The standard InChI is InChI=1S/C22H25N5O2/c1-14-7-15(2)9-18(8-14)24-22-25-21(12-23-26-22)27-6-5-16-10-19(28-3)20(29-4)11-17(16)13-27/h7-12H,5-6,13H2,1-4H3,(H,24,25,26). The number of fused-ring (bicyclic) bond motifs is 1. The van der Waals surface area contributed by atoms with Crippen molar-refractivity contribution in [2.75, 3.05) is 31.0 Å². The van der Waals surface area contributed by atoms with E-state index in [1.807, 2.05) is 6.07 Å². The smallest absolute Gasteiger partial charge is 0.249 e. The third-order valence-electron chi connectivity index (χ3n) is 5.07. The first-order valence-corrected chi connectivity index (χ1v) is 9.59. The predicted molar refractivity (Wildman–Crippen MR) is 113 cm³/mol. The highest BCUT2D eigenvalue weighted by molar-refractivity contribution is 5.57. The van der Waals surface area contributed by atoms with Crippen LogP contribution in [-0.2, 0) is 13.0 Å². The molecule has 3 aromatic rings. The number of aromatic nitrogens is 3. The summed E-state index contributed by atoms with van der Waals surface area (Å²) >= 11 is 0. The summed E-state index contributed by atoms with van der Waals surface area (Å²) in [6, 6.07) is 10.4. The molecule has 7 heteroatoms. The average Bonchev–Trinajstić information content (AvgIpc) is 2.71. The van der Waals surface area contributed by atoms with Crippen LogP contribution in [-0.4, -0.2) is 35.9 Å². The fraction of sp³-hybridized carbons (Fsp3) is 0.318. The lowest BCUT2D eigenvalue weighted by molar-refractivity contribution is 0.353. The summed E-state index contributed by atoms with van der Waals surface area (Å²) in [4.78, 5) is 6.89. The van der Waals surface area contributed by atoms with Crippen molar-refractivity contribution in [2.45, 2.75) is 26.8 Å². The fourth-order valence-corrected chi connectivity index (χ4v) is 3.75. The zero-order valence-corrected chi connectivity index (χ0v) is 17.2. The molecular weight excluding hydrogens is 366 g/mol. The zero-order chi connectivity index (χ0) is 20.4. The van der Waals surface area contributed by atoms with Crippen LogP contribution in [0.5, 0.6) is 11.5 Å². The van der Waals surface area contributed by atoms with Crippen LogP contribution in [0.2, 0.25) is 0 Å². The van der Waals surface area contributed by atoms with E-state index in [-0.39, 0.29) is 0 Å².